The summed E-state index contributed by atoms with van der Waals surface area (Å²) >= 11 is 4.51. The number of nitrogens with zero attached hydrogens (tertiary/aromatic N) is 2. The lowest BCUT2D eigenvalue weighted by Crippen LogP contribution is -2.42. The van der Waals surface area contributed by atoms with Crippen molar-refractivity contribution in [3.05, 3.63) is 28.7 Å². The van der Waals surface area contributed by atoms with Gasteiger partial charge in [-0.2, -0.15) is 0 Å². The first kappa shape index (κ1) is 17.5. The lowest BCUT2D eigenvalue weighted by Gasteiger charge is -2.16. The number of amides is 3. The van der Waals surface area contributed by atoms with E-state index in [4.69, 9.17) is 10.2 Å². The van der Waals surface area contributed by atoms with Gasteiger partial charge < -0.3 is 10.2 Å². The van der Waals surface area contributed by atoms with Gasteiger partial charge in [-0.15, -0.1) is 10.2 Å². The molecule has 9 heteroatoms. The number of carbonyl (C=O) groups is 2. The molecule has 0 aliphatic carbocycles. The smallest absolute Gasteiger partial charge is 0.318 e. The average Bonchev–Trinajstić information content (AvgIpc) is 2.92. The van der Waals surface area contributed by atoms with Gasteiger partial charge in [-0.05, 0) is 34.0 Å². The minimum atomic E-state index is -0.888. The highest BCUT2D eigenvalue weighted by Crippen LogP contribution is 2.32. The second kappa shape index (κ2) is 7.60. The number of hydrogen-bond acceptors (Lipinski definition) is 6. The molecule has 0 bridgehead atoms. The van der Waals surface area contributed by atoms with Gasteiger partial charge in [0.2, 0.25) is 11.8 Å². The van der Waals surface area contributed by atoms with E-state index in [-0.39, 0.29) is 11.1 Å². The van der Waals surface area contributed by atoms with Gasteiger partial charge in [-0.3, -0.25) is 10.1 Å². The second-order valence-corrected chi connectivity index (χ2v) is 6.94. The molecule has 0 aliphatic rings. The number of imide groups is 1. The fraction of sp³-hybridized carbons (Fsp3) is 0.286. The SMILES string of the molecule is CC(C)[C@@H](Sc1nnc(-c2ccccc2Br)o1)C(=O)NC(N)=O. The van der Waals surface area contributed by atoms with E-state index < -0.39 is 17.2 Å². The molecule has 0 saturated heterocycles. The molecule has 0 spiro atoms. The molecule has 1 aromatic heterocycles. The molecule has 0 radical (unpaired) electrons. The summed E-state index contributed by atoms with van der Waals surface area (Å²) in [6, 6.07) is 6.55. The van der Waals surface area contributed by atoms with Gasteiger partial charge in [0.05, 0.1) is 10.8 Å². The summed E-state index contributed by atoms with van der Waals surface area (Å²) in [5, 5.41) is 9.68. The van der Waals surface area contributed by atoms with Gasteiger partial charge in [0, 0.05) is 4.47 Å². The number of rotatable bonds is 5. The summed E-state index contributed by atoms with van der Waals surface area (Å²) in [4.78, 5) is 22.8. The zero-order valence-electron chi connectivity index (χ0n) is 12.4. The molecular formula is C14H15BrN4O3S. The normalized spacial score (nSPS) is 12.2. The van der Waals surface area contributed by atoms with Crippen molar-refractivity contribution >= 4 is 39.6 Å². The molecule has 2 aromatic rings. The fourth-order valence-electron chi connectivity index (χ4n) is 1.79. The Hall–Kier alpha value is -1.87. The van der Waals surface area contributed by atoms with E-state index in [1.807, 2.05) is 38.1 Å². The van der Waals surface area contributed by atoms with Crippen LogP contribution in [-0.4, -0.2) is 27.4 Å². The molecule has 3 N–H and O–H groups in total. The largest absolute Gasteiger partial charge is 0.411 e. The van der Waals surface area contributed by atoms with Crippen LogP contribution in [0, 0.1) is 5.92 Å². The van der Waals surface area contributed by atoms with Gasteiger partial charge in [-0.25, -0.2) is 4.79 Å². The van der Waals surface area contributed by atoms with Crippen molar-refractivity contribution in [2.45, 2.75) is 24.3 Å². The Labute approximate surface area is 145 Å². The molecule has 7 nitrogen and oxygen atoms in total. The van der Waals surface area contributed by atoms with Crippen molar-refractivity contribution < 1.29 is 14.0 Å². The van der Waals surface area contributed by atoms with Crippen molar-refractivity contribution in [1.29, 1.82) is 0 Å². The van der Waals surface area contributed by atoms with Crippen LogP contribution in [0.5, 0.6) is 0 Å². The molecule has 3 amide bonds. The van der Waals surface area contributed by atoms with Crippen LogP contribution in [0.15, 0.2) is 38.4 Å². The maximum Gasteiger partial charge on any atom is 0.318 e. The van der Waals surface area contributed by atoms with E-state index in [1.54, 1.807) is 0 Å². The zero-order chi connectivity index (χ0) is 17.0. The predicted molar refractivity (Wildman–Crippen MR) is 89.6 cm³/mol. The molecule has 1 atom stereocenters. The number of carbonyl (C=O) groups excluding carboxylic acids is 2. The number of thioether (sulfide) groups is 1. The molecule has 23 heavy (non-hydrogen) atoms. The van der Waals surface area contributed by atoms with Crippen molar-refractivity contribution in [2.24, 2.45) is 11.7 Å². The Bertz CT molecular complexity index is 720. The van der Waals surface area contributed by atoms with Crippen LogP contribution in [0.4, 0.5) is 4.79 Å². The minimum Gasteiger partial charge on any atom is -0.411 e. The summed E-state index contributed by atoms with van der Waals surface area (Å²) in [6.45, 7) is 3.70. The summed E-state index contributed by atoms with van der Waals surface area (Å²) in [7, 11) is 0. The highest BCUT2D eigenvalue weighted by atomic mass is 79.9. The van der Waals surface area contributed by atoms with Crippen molar-refractivity contribution in [1.82, 2.24) is 15.5 Å². The summed E-state index contributed by atoms with van der Waals surface area (Å²) in [6.07, 6.45) is 0. The second-order valence-electron chi connectivity index (χ2n) is 4.99. The van der Waals surface area contributed by atoms with Gasteiger partial charge in [0.1, 0.15) is 0 Å². The number of primary amides is 1. The summed E-state index contributed by atoms with van der Waals surface area (Å²) < 4.78 is 6.43. The molecule has 0 saturated carbocycles. The number of nitrogens with one attached hydrogen (secondary N) is 1. The number of urea groups is 1. The molecule has 1 aromatic carbocycles. The Morgan fingerprint density at radius 3 is 2.61 bits per heavy atom. The molecule has 1 heterocycles. The first-order valence-corrected chi connectivity index (χ1v) is 8.41. The van der Waals surface area contributed by atoms with Crippen LogP contribution >= 0.6 is 27.7 Å². The zero-order valence-corrected chi connectivity index (χ0v) is 14.8. The highest BCUT2D eigenvalue weighted by Gasteiger charge is 2.27. The first-order valence-electron chi connectivity index (χ1n) is 6.74. The quantitative estimate of drug-likeness (QED) is 0.748. The van der Waals surface area contributed by atoms with E-state index in [0.29, 0.717) is 5.89 Å². The van der Waals surface area contributed by atoms with Crippen LogP contribution in [0.25, 0.3) is 11.5 Å². The van der Waals surface area contributed by atoms with E-state index in [9.17, 15) is 9.59 Å². The van der Waals surface area contributed by atoms with Crippen LogP contribution in [0.3, 0.4) is 0 Å². The number of hydrogen-bond donors (Lipinski definition) is 2. The maximum atomic E-state index is 12.0. The third kappa shape index (κ3) is 4.55. The average molecular weight is 399 g/mol. The number of benzene rings is 1. The minimum absolute atomic E-state index is 0.0573. The standard InChI is InChI=1S/C14H15BrN4O3S/c1-7(2)10(11(20)17-13(16)21)23-14-19-18-12(22-14)8-5-3-4-6-9(8)15/h3-7,10H,1-2H3,(H3,16,17,20,21)/t10-/m1/s1. The van der Waals surface area contributed by atoms with E-state index in [2.05, 4.69) is 31.4 Å². The molecule has 0 fully saturated rings. The third-order valence-corrected chi connectivity index (χ3v) is 4.92. The summed E-state index contributed by atoms with van der Waals surface area (Å²) in [5.41, 5.74) is 5.74. The fourth-order valence-corrected chi connectivity index (χ4v) is 3.12. The van der Waals surface area contributed by atoms with E-state index >= 15 is 0 Å². The first-order chi connectivity index (χ1) is 10.9. The molecule has 0 aliphatic heterocycles. The Morgan fingerprint density at radius 1 is 1.30 bits per heavy atom. The molecular weight excluding hydrogens is 384 g/mol. The number of halogens is 1. The van der Waals surface area contributed by atoms with E-state index in [1.165, 1.54) is 0 Å². The lowest BCUT2D eigenvalue weighted by molar-refractivity contribution is -0.120. The molecule has 122 valence electrons. The van der Waals surface area contributed by atoms with Gasteiger partial charge in [0.15, 0.2) is 0 Å². The molecule has 0 unspecified atom stereocenters. The number of nitrogens with two attached hydrogens (primary N) is 1. The topological polar surface area (TPSA) is 111 Å². The lowest BCUT2D eigenvalue weighted by atomic mass is 10.1. The number of aromatic nitrogens is 2. The Morgan fingerprint density at radius 2 is 2.00 bits per heavy atom. The van der Waals surface area contributed by atoms with Crippen LogP contribution in [0.2, 0.25) is 0 Å². The van der Waals surface area contributed by atoms with Gasteiger partial charge in [0.25, 0.3) is 5.22 Å². The van der Waals surface area contributed by atoms with Crippen molar-refractivity contribution in [3.63, 3.8) is 0 Å². The third-order valence-electron chi connectivity index (χ3n) is 2.85. The summed E-state index contributed by atoms with van der Waals surface area (Å²) in [5.74, 6) is -0.200. The van der Waals surface area contributed by atoms with Crippen molar-refractivity contribution in [3.8, 4) is 11.5 Å². The van der Waals surface area contributed by atoms with Gasteiger partial charge >= 0.3 is 6.03 Å². The van der Waals surface area contributed by atoms with E-state index in [0.717, 1.165) is 21.8 Å². The highest BCUT2D eigenvalue weighted by molar-refractivity contribution is 9.10. The predicted octanol–water partition coefficient (Wildman–Crippen LogP) is 2.81. The van der Waals surface area contributed by atoms with Gasteiger partial charge in [-0.1, -0.05) is 37.7 Å². The van der Waals surface area contributed by atoms with Crippen LogP contribution < -0.4 is 11.1 Å². The van der Waals surface area contributed by atoms with Crippen LogP contribution in [0.1, 0.15) is 13.8 Å². The monoisotopic (exact) mass is 398 g/mol. The van der Waals surface area contributed by atoms with Crippen LogP contribution in [-0.2, 0) is 4.79 Å². The maximum absolute atomic E-state index is 12.0. The Balaban J connectivity index is 2.18. The van der Waals surface area contributed by atoms with Crippen molar-refractivity contribution in [2.75, 3.05) is 0 Å². The Kier molecular flexibility index (Phi) is 5.78. The molecule has 2 rings (SSSR count).